The summed E-state index contributed by atoms with van der Waals surface area (Å²) in [5.41, 5.74) is 0.217. The summed E-state index contributed by atoms with van der Waals surface area (Å²) in [6, 6.07) is 0.183. The van der Waals surface area contributed by atoms with Gasteiger partial charge in [-0.15, -0.1) is 0 Å². The van der Waals surface area contributed by atoms with Crippen molar-refractivity contribution in [2.45, 2.75) is 40.2 Å². The summed E-state index contributed by atoms with van der Waals surface area (Å²) in [4.78, 5) is 23.4. The summed E-state index contributed by atoms with van der Waals surface area (Å²) in [5, 5.41) is 14.5. The van der Waals surface area contributed by atoms with Crippen LogP contribution in [0.4, 0.5) is 11.6 Å². The number of aromatic nitrogens is 4. The number of hydrogen-bond donors (Lipinski definition) is 1. The summed E-state index contributed by atoms with van der Waals surface area (Å²) < 4.78 is 1.59. The van der Waals surface area contributed by atoms with Crippen molar-refractivity contribution in [2.75, 3.05) is 5.32 Å². The predicted octanol–water partition coefficient (Wildman–Crippen LogP) is 2.40. The Hall–Kier alpha value is -2.51. The van der Waals surface area contributed by atoms with Gasteiger partial charge in [0, 0.05) is 18.4 Å². The summed E-state index contributed by atoms with van der Waals surface area (Å²) in [6.45, 7) is 7.42. The van der Waals surface area contributed by atoms with Gasteiger partial charge in [-0.2, -0.15) is 4.98 Å². The molecule has 0 aliphatic carbocycles. The van der Waals surface area contributed by atoms with Gasteiger partial charge >= 0.3 is 5.69 Å². The van der Waals surface area contributed by atoms with Crippen molar-refractivity contribution in [2.24, 2.45) is 0 Å². The summed E-state index contributed by atoms with van der Waals surface area (Å²) >= 11 is 0. The van der Waals surface area contributed by atoms with Crippen LogP contribution in [-0.2, 0) is 0 Å². The lowest BCUT2D eigenvalue weighted by Crippen LogP contribution is -2.18. The van der Waals surface area contributed by atoms with E-state index in [4.69, 9.17) is 0 Å². The van der Waals surface area contributed by atoms with Crippen LogP contribution in [0.1, 0.15) is 31.8 Å². The average molecular weight is 290 g/mol. The van der Waals surface area contributed by atoms with Crippen molar-refractivity contribution in [3.05, 3.63) is 34.0 Å². The number of nitrogens with one attached hydrogen (secondary N) is 1. The van der Waals surface area contributed by atoms with Crippen LogP contribution in [0, 0.1) is 24.0 Å². The molecule has 112 valence electrons. The lowest BCUT2D eigenvalue weighted by Gasteiger charge is -2.14. The van der Waals surface area contributed by atoms with E-state index in [1.807, 2.05) is 13.8 Å². The molecule has 0 amide bonds. The zero-order valence-corrected chi connectivity index (χ0v) is 12.5. The van der Waals surface area contributed by atoms with E-state index in [0.29, 0.717) is 17.5 Å². The molecule has 2 heterocycles. The molecule has 1 atom stereocenters. The van der Waals surface area contributed by atoms with Gasteiger partial charge < -0.3 is 5.32 Å². The highest BCUT2D eigenvalue weighted by Gasteiger charge is 2.24. The number of hydrogen-bond acceptors (Lipinski definition) is 6. The first kappa shape index (κ1) is 14.9. The van der Waals surface area contributed by atoms with Gasteiger partial charge in [-0.05, 0) is 27.2 Å². The van der Waals surface area contributed by atoms with Crippen LogP contribution in [0.25, 0.3) is 5.82 Å². The smallest absolute Gasteiger partial charge is 0.333 e. The average Bonchev–Trinajstić information content (AvgIpc) is 2.83. The molecule has 2 rings (SSSR count). The number of nitrogens with zero attached hydrogens (tertiary/aromatic N) is 5. The SMILES string of the molecule is CCC(C)Nc1nc(C)c([N+](=O)[O-])c(-n2ccnc2C)n1. The molecule has 0 saturated carbocycles. The highest BCUT2D eigenvalue weighted by molar-refractivity contribution is 5.54. The minimum Gasteiger partial charge on any atom is -0.352 e. The van der Waals surface area contributed by atoms with Crippen LogP contribution in [0.3, 0.4) is 0 Å². The molecule has 0 aliphatic heterocycles. The molecule has 1 N–H and O–H groups in total. The Kier molecular flexibility index (Phi) is 4.15. The van der Waals surface area contributed by atoms with E-state index in [0.717, 1.165) is 6.42 Å². The van der Waals surface area contributed by atoms with Gasteiger partial charge in [0.1, 0.15) is 11.5 Å². The van der Waals surface area contributed by atoms with E-state index in [9.17, 15) is 10.1 Å². The van der Waals surface area contributed by atoms with E-state index >= 15 is 0 Å². The van der Waals surface area contributed by atoms with Crippen molar-refractivity contribution >= 4 is 11.6 Å². The second-order valence-corrected chi connectivity index (χ2v) is 4.86. The minimum absolute atomic E-state index is 0.106. The lowest BCUT2D eigenvalue weighted by molar-refractivity contribution is -0.385. The highest BCUT2D eigenvalue weighted by Crippen LogP contribution is 2.26. The van der Waals surface area contributed by atoms with Crippen LogP contribution in [-0.4, -0.2) is 30.5 Å². The Labute approximate surface area is 122 Å². The van der Waals surface area contributed by atoms with Gasteiger partial charge in [0.2, 0.25) is 11.8 Å². The third kappa shape index (κ3) is 2.99. The highest BCUT2D eigenvalue weighted by atomic mass is 16.6. The second kappa shape index (κ2) is 5.86. The molecule has 8 nitrogen and oxygen atoms in total. The van der Waals surface area contributed by atoms with Crippen LogP contribution in [0.5, 0.6) is 0 Å². The zero-order chi connectivity index (χ0) is 15.6. The van der Waals surface area contributed by atoms with Crippen LogP contribution >= 0.6 is 0 Å². The van der Waals surface area contributed by atoms with E-state index < -0.39 is 4.92 Å². The van der Waals surface area contributed by atoms with Gasteiger partial charge in [-0.3, -0.25) is 14.7 Å². The van der Waals surface area contributed by atoms with Gasteiger partial charge in [-0.25, -0.2) is 9.97 Å². The second-order valence-electron chi connectivity index (χ2n) is 4.86. The molecule has 2 aromatic heterocycles. The fourth-order valence-electron chi connectivity index (χ4n) is 1.92. The predicted molar refractivity (Wildman–Crippen MR) is 78.7 cm³/mol. The Morgan fingerprint density at radius 2 is 2.14 bits per heavy atom. The maximum absolute atomic E-state index is 11.3. The fourth-order valence-corrected chi connectivity index (χ4v) is 1.92. The molecule has 0 aromatic carbocycles. The van der Waals surface area contributed by atoms with Crippen molar-refractivity contribution < 1.29 is 4.92 Å². The molecule has 21 heavy (non-hydrogen) atoms. The molecule has 0 saturated heterocycles. The molecule has 1 unspecified atom stereocenters. The third-order valence-electron chi connectivity index (χ3n) is 3.26. The maximum atomic E-state index is 11.3. The first-order valence-electron chi connectivity index (χ1n) is 6.74. The van der Waals surface area contributed by atoms with Crippen molar-refractivity contribution in [1.82, 2.24) is 19.5 Å². The molecule has 0 fully saturated rings. The third-order valence-corrected chi connectivity index (χ3v) is 3.26. The number of anilines is 1. The molecular weight excluding hydrogens is 272 g/mol. The lowest BCUT2D eigenvalue weighted by atomic mass is 10.3. The Morgan fingerprint density at radius 1 is 1.43 bits per heavy atom. The molecule has 0 radical (unpaired) electrons. The van der Waals surface area contributed by atoms with Gasteiger partial charge in [0.05, 0.1) is 4.92 Å². The van der Waals surface area contributed by atoms with Crippen molar-refractivity contribution in [1.29, 1.82) is 0 Å². The van der Waals surface area contributed by atoms with Crippen molar-refractivity contribution in [3.8, 4) is 5.82 Å². The van der Waals surface area contributed by atoms with Gasteiger partial charge in [-0.1, -0.05) is 6.92 Å². The van der Waals surface area contributed by atoms with Crippen LogP contribution in [0.2, 0.25) is 0 Å². The van der Waals surface area contributed by atoms with Crippen LogP contribution < -0.4 is 5.32 Å². The first-order chi connectivity index (χ1) is 9.93. The fraction of sp³-hybridized carbons (Fsp3) is 0.462. The largest absolute Gasteiger partial charge is 0.352 e. The number of aryl methyl sites for hydroxylation is 2. The number of nitro groups is 1. The summed E-state index contributed by atoms with van der Waals surface area (Å²) in [7, 11) is 0. The molecule has 0 spiro atoms. The summed E-state index contributed by atoms with van der Waals surface area (Å²) in [5.74, 6) is 1.24. The molecular formula is C13H18N6O2. The maximum Gasteiger partial charge on any atom is 0.333 e. The van der Waals surface area contributed by atoms with E-state index in [1.54, 1.807) is 30.8 Å². The van der Waals surface area contributed by atoms with Gasteiger partial charge in [0.15, 0.2) is 0 Å². The number of rotatable bonds is 5. The Balaban J connectivity index is 2.59. The van der Waals surface area contributed by atoms with Gasteiger partial charge in [0.25, 0.3) is 0 Å². The molecule has 0 bridgehead atoms. The first-order valence-corrected chi connectivity index (χ1v) is 6.74. The van der Waals surface area contributed by atoms with E-state index in [1.165, 1.54) is 0 Å². The van der Waals surface area contributed by atoms with E-state index in [2.05, 4.69) is 20.3 Å². The Bertz CT molecular complexity index is 667. The molecule has 2 aromatic rings. The summed E-state index contributed by atoms with van der Waals surface area (Å²) in [6.07, 6.45) is 4.13. The quantitative estimate of drug-likeness (QED) is 0.670. The van der Waals surface area contributed by atoms with E-state index in [-0.39, 0.29) is 17.5 Å². The molecule has 8 heteroatoms. The Morgan fingerprint density at radius 3 is 2.67 bits per heavy atom. The normalized spacial score (nSPS) is 12.2. The zero-order valence-electron chi connectivity index (χ0n) is 12.5. The monoisotopic (exact) mass is 290 g/mol. The number of imidazole rings is 1. The minimum atomic E-state index is -0.461. The standard InChI is InChI=1S/C13H18N6O2/c1-5-8(2)15-13-16-9(3)11(19(20)21)12(17-13)18-7-6-14-10(18)4/h6-8H,5H2,1-4H3,(H,15,16,17). The van der Waals surface area contributed by atoms with Crippen molar-refractivity contribution in [3.63, 3.8) is 0 Å². The topological polar surface area (TPSA) is 98.8 Å². The molecule has 0 aliphatic rings. The van der Waals surface area contributed by atoms with Crippen LogP contribution in [0.15, 0.2) is 12.4 Å².